The summed E-state index contributed by atoms with van der Waals surface area (Å²) < 4.78 is 26.4. The Labute approximate surface area is 218 Å². The van der Waals surface area contributed by atoms with Crippen molar-refractivity contribution in [2.75, 3.05) is 13.2 Å². The molecule has 0 N–H and O–H groups in total. The molecule has 4 nitrogen and oxygen atoms in total. The number of ether oxygens (including phenoxy) is 2. The van der Waals surface area contributed by atoms with Crippen LogP contribution in [-0.4, -0.2) is 30.1 Å². The van der Waals surface area contributed by atoms with Gasteiger partial charge in [-0.2, -0.15) is 0 Å². The molecule has 1 aliphatic carbocycles. The van der Waals surface area contributed by atoms with Crippen molar-refractivity contribution in [2.24, 2.45) is 0 Å². The van der Waals surface area contributed by atoms with Crippen LogP contribution in [0.15, 0.2) is 54.7 Å². The highest BCUT2D eigenvalue weighted by molar-refractivity contribution is 5.77. The Balaban J connectivity index is 1.33. The molecule has 1 aromatic heterocycles. The third-order valence-electron chi connectivity index (χ3n) is 7.35. The minimum atomic E-state index is -0.133. The molecule has 1 aliphatic heterocycles. The number of carbonyl (C=O) groups excluding carboxylic acids is 1. The van der Waals surface area contributed by atoms with Gasteiger partial charge in [-0.1, -0.05) is 36.3 Å². The highest BCUT2D eigenvalue weighted by atomic mass is 19.1. The van der Waals surface area contributed by atoms with Gasteiger partial charge in [0.05, 0.1) is 19.1 Å². The van der Waals surface area contributed by atoms with Crippen LogP contribution < -0.4 is 4.74 Å². The molecule has 2 aromatic carbocycles. The number of rotatable bonds is 8. The lowest BCUT2D eigenvalue weighted by Crippen LogP contribution is -2.16. The van der Waals surface area contributed by atoms with E-state index in [-0.39, 0.29) is 29.5 Å². The Bertz CT molecular complexity index is 1320. The van der Waals surface area contributed by atoms with E-state index < -0.39 is 0 Å². The van der Waals surface area contributed by atoms with E-state index in [0.717, 1.165) is 65.7 Å². The van der Waals surface area contributed by atoms with E-state index in [1.54, 1.807) is 19.9 Å². The summed E-state index contributed by atoms with van der Waals surface area (Å²) in [6, 6.07) is 15.7. The first-order chi connectivity index (χ1) is 18.0. The Morgan fingerprint density at radius 3 is 2.68 bits per heavy atom. The molecule has 5 rings (SSSR count). The molecule has 0 amide bonds. The molecule has 0 unspecified atom stereocenters. The summed E-state index contributed by atoms with van der Waals surface area (Å²) >= 11 is 0. The molecule has 5 heteroatoms. The second-order valence-electron chi connectivity index (χ2n) is 10.0. The van der Waals surface area contributed by atoms with Crippen molar-refractivity contribution in [3.05, 3.63) is 82.8 Å². The van der Waals surface area contributed by atoms with Gasteiger partial charge in [0.15, 0.2) is 0 Å². The van der Waals surface area contributed by atoms with Crippen molar-refractivity contribution >= 4 is 5.78 Å². The predicted molar refractivity (Wildman–Crippen MR) is 142 cm³/mol. The lowest BCUT2D eigenvalue weighted by atomic mass is 9.89. The van der Waals surface area contributed by atoms with Crippen molar-refractivity contribution in [1.29, 1.82) is 0 Å². The molecule has 3 atom stereocenters. The van der Waals surface area contributed by atoms with E-state index in [2.05, 4.69) is 41.1 Å². The van der Waals surface area contributed by atoms with E-state index in [1.165, 1.54) is 0 Å². The van der Waals surface area contributed by atoms with Gasteiger partial charge in [0.2, 0.25) is 5.88 Å². The monoisotopic (exact) mass is 497 g/mol. The number of ketones is 1. The number of nitrogens with zero attached hydrogens (tertiary/aromatic N) is 1. The summed E-state index contributed by atoms with van der Waals surface area (Å²) in [4.78, 5) is 16.2. The van der Waals surface area contributed by atoms with Crippen molar-refractivity contribution in [1.82, 2.24) is 4.98 Å². The number of carbonyl (C=O) groups is 1. The van der Waals surface area contributed by atoms with Gasteiger partial charge in [-0.05, 0) is 79.0 Å². The van der Waals surface area contributed by atoms with Gasteiger partial charge in [0.1, 0.15) is 17.7 Å². The Hall–Kier alpha value is -3.49. The molecule has 0 saturated carbocycles. The number of pyridine rings is 1. The average Bonchev–Trinajstić information content (AvgIpc) is 3.56. The van der Waals surface area contributed by atoms with Crippen molar-refractivity contribution in [3.63, 3.8) is 0 Å². The molecule has 1 fully saturated rings. The standard InChI is InChI=1S/C32H32FNO3/c1-3-4-24(17-21(2)35)23-7-5-22(6-8-23)18-25-9-11-29-28(12-13-30(33)32(25)29)26-10-14-31(34-19-26)37-27-15-16-36-20-27/h5-8,10,12-14,19,24-25,27H,9,11,15-18,20H2,1-2H3/t24-,25-,27+/m0/s1. The number of Topliss-reactive ketones (excluding diaryl/α,β-unsaturated/α-hetero) is 1. The minimum absolute atomic E-state index is 0.0582. The molecular formula is C32H32FNO3. The Morgan fingerprint density at radius 1 is 1.16 bits per heavy atom. The van der Waals surface area contributed by atoms with E-state index in [0.29, 0.717) is 18.9 Å². The maximum atomic E-state index is 15.1. The summed E-state index contributed by atoms with van der Waals surface area (Å²) in [6.45, 7) is 4.73. The molecule has 0 spiro atoms. The molecule has 2 heterocycles. The summed E-state index contributed by atoms with van der Waals surface area (Å²) in [7, 11) is 0. The maximum absolute atomic E-state index is 15.1. The van der Waals surface area contributed by atoms with Crippen LogP contribution in [0.4, 0.5) is 4.39 Å². The molecule has 2 aliphatic rings. The number of halogens is 1. The van der Waals surface area contributed by atoms with Crippen molar-refractivity contribution < 1.29 is 18.7 Å². The number of fused-ring (bicyclic) bond motifs is 1. The van der Waals surface area contributed by atoms with Gasteiger partial charge in [-0.25, -0.2) is 9.37 Å². The topological polar surface area (TPSA) is 48.4 Å². The fraction of sp³-hybridized carbons (Fsp3) is 0.375. The summed E-state index contributed by atoms with van der Waals surface area (Å²) in [6.07, 6.45) is 5.71. The number of benzene rings is 2. The van der Waals surface area contributed by atoms with E-state index >= 15 is 4.39 Å². The fourth-order valence-corrected chi connectivity index (χ4v) is 5.55. The number of hydrogen-bond acceptors (Lipinski definition) is 4. The van der Waals surface area contributed by atoms with Crippen molar-refractivity contribution in [2.45, 2.75) is 63.9 Å². The van der Waals surface area contributed by atoms with Gasteiger partial charge in [-0.3, -0.25) is 4.79 Å². The molecule has 0 radical (unpaired) electrons. The van der Waals surface area contributed by atoms with Crippen LogP contribution in [-0.2, 0) is 22.4 Å². The van der Waals surface area contributed by atoms with Crippen LogP contribution in [0.1, 0.15) is 67.2 Å². The molecule has 1 saturated heterocycles. The zero-order valence-corrected chi connectivity index (χ0v) is 21.4. The zero-order chi connectivity index (χ0) is 25.8. The van der Waals surface area contributed by atoms with Crippen molar-refractivity contribution in [3.8, 4) is 28.8 Å². The molecular weight excluding hydrogens is 465 g/mol. The Morgan fingerprint density at radius 2 is 2.00 bits per heavy atom. The van der Waals surface area contributed by atoms with Gasteiger partial charge in [-0.15, -0.1) is 5.92 Å². The minimum Gasteiger partial charge on any atom is -0.472 e. The van der Waals surface area contributed by atoms with E-state index in [4.69, 9.17) is 9.47 Å². The van der Waals surface area contributed by atoms with Gasteiger partial charge in [0.25, 0.3) is 0 Å². The van der Waals surface area contributed by atoms with Gasteiger partial charge >= 0.3 is 0 Å². The summed E-state index contributed by atoms with van der Waals surface area (Å²) in [5, 5.41) is 0. The van der Waals surface area contributed by atoms with Crippen LogP contribution in [0.25, 0.3) is 11.1 Å². The Kier molecular flexibility index (Phi) is 7.67. The highest BCUT2D eigenvalue weighted by Crippen LogP contribution is 2.42. The molecule has 0 bridgehead atoms. The first-order valence-electron chi connectivity index (χ1n) is 13.0. The highest BCUT2D eigenvalue weighted by Gasteiger charge is 2.29. The van der Waals surface area contributed by atoms with Crippen LogP contribution in [0, 0.1) is 17.7 Å². The SMILES string of the molecule is CC#C[C@@H](CC(C)=O)c1ccc(C[C@@H]2CCc3c(-c4ccc(O[C@@H]5CCOC5)nc4)ccc(F)c32)cc1. The van der Waals surface area contributed by atoms with E-state index in [9.17, 15) is 4.79 Å². The second kappa shape index (κ2) is 11.3. The summed E-state index contributed by atoms with van der Waals surface area (Å²) in [5.41, 5.74) is 6.15. The lowest BCUT2D eigenvalue weighted by Gasteiger charge is -2.16. The molecule has 37 heavy (non-hydrogen) atoms. The first kappa shape index (κ1) is 25.2. The second-order valence-corrected chi connectivity index (χ2v) is 10.0. The fourth-order valence-electron chi connectivity index (χ4n) is 5.55. The smallest absolute Gasteiger partial charge is 0.213 e. The number of aromatic nitrogens is 1. The largest absolute Gasteiger partial charge is 0.472 e. The summed E-state index contributed by atoms with van der Waals surface area (Å²) in [5.74, 6) is 6.72. The van der Waals surface area contributed by atoms with Gasteiger partial charge in [0, 0.05) is 30.7 Å². The number of hydrogen-bond donors (Lipinski definition) is 0. The third-order valence-corrected chi connectivity index (χ3v) is 7.35. The van der Waals surface area contributed by atoms with Gasteiger partial charge < -0.3 is 9.47 Å². The third kappa shape index (κ3) is 5.76. The quantitative estimate of drug-likeness (QED) is 0.337. The van der Waals surface area contributed by atoms with Crippen LogP contribution in [0.3, 0.4) is 0 Å². The predicted octanol–water partition coefficient (Wildman–Crippen LogP) is 6.41. The van der Waals surface area contributed by atoms with Crippen LogP contribution in [0.2, 0.25) is 0 Å². The van der Waals surface area contributed by atoms with Crippen LogP contribution >= 0.6 is 0 Å². The molecule has 3 aromatic rings. The van der Waals surface area contributed by atoms with E-state index in [1.807, 2.05) is 24.4 Å². The maximum Gasteiger partial charge on any atom is 0.213 e. The average molecular weight is 498 g/mol. The van der Waals surface area contributed by atoms with Crippen LogP contribution in [0.5, 0.6) is 5.88 Å². The first-order valence-corrected chi connectivity index (χ1v) is 13.0. The normalized spacial score (nSPS) is 19.1. The molecule has 190 valence electrons. The lowest BCUT2D eigenvalue weighted by molar-refractivity contribution is -0.117. The zero-order valence-electron chi connectivity index (χ0n) is 21.4.